The zero-order valence-electron chi connectivity index (χ0n) is 13.6. The molecule has 2 bridgehead atoms. The summed E-state index contributed by atoms with van der Waals surface area (Å²) < 4.78 is 13.2. The van der Waals surface area contributed by atoms with Crippen molar-refractivity contribution in [2.24, 2.45) is 11.8 Å². The van der Waals surface area contributed by atoms with Crippen LogP contribution in [0, 0.1) is 11.8 Å². The van der Waals surface area contributed by atoms with E-state index in [-0.39, 0.29) is 11.2 Å². The standard InChI is InChI=1S/C22H20O2/c1-3-7-19-15(5-1)11-17-13-22-10-9-21(17,23-19)14-18(22)12-16-6-2-4-8-20(16)24-22/h1-10,17-18H,11-14H2. The van der Waals surface area contributed by atoms with Crippen LogP contribution in [0.15, 0.2) is 60.7 Å². The molecule has 2 aliphatic heterocycles. The zero-order chi connectivity index (χ0) is 15.8. The Hall–Kier alpha value is -2.22. The Morgan fingerprint density at radius 2 is 1.12 bits per heavy atom. The van der Waals surface area contributed by atoms with Crippen LogP contribution < -0.4 is 9.47 Å². The highest BCUT2D eigenvalue weighted by Gasteiger charge is 2.61. The number of benzene rings is 2. The first-order chi connectivity index (χ1) is 11.8. The van der Waals surface area contributed by atoms with Gasteiger partial charge in [0.1, 0.15) is 22.7 Å². The number of hydrogen-bond donors (Lipinski definition) is 0. The highest BCUT2D eigenvalue weighted by molar-refractivity contribution is 5.45. The third-order valence-electron chi connectivity index (χ3n) is 6.64. The first-order valence-corrected chi connectivity index (χ1v) is 9.01. The summed E-state index contributed by atoms with van der Waals surface area (Å²) >= 11 is 0. The van der Waals surface area contributed by atoms with Gasteiger partial charge in [-0.1, -0.05) is 36.4 Å². The van der Waals surface area contributed by atoms with Crippen molar-refractivity contribution >= 4 is 0 Å². The maximum absolute atomic E-state index is 6.60. The quantitative estimate of drug-likeness (QED) is 0.674. The molecule has 0 aromatic heterocycles. The minimum atomic E-state index is -0.129. The van der Waals surface area contributed by atoms with Crippen molar-refractivity contribution < 1.29 is 9.47 Å². The number of hydrogen-bond acceptors (Lipinski definition) is 2. The third kappa shape index (κ3) is 1.56. The molecule has 1 saturated carbocycles. The monoisotopic (exact) mass is 316 g/mol. The van der Waals surface area contributed by atoms with Gasteiger partial charge in [-0.25, -0.2) is 0 Å². The van der Waals surface area contributed by atoms with Crippen LogP contribution in [0.1, 0.15) is 24.0 Å². The molecule has 3 aliphatic carbocycles. The normalized spacial score (nSPS) is 37.3. The fourth-order valence-electron chi connectivity index (χ4n) is 5.43. The van der Waals surface area contributed by atoms with E-state index in [1.54, 1.807) is 0 Å². The zero-order valence-corrected chi connectivity index (χ0v) is 13.6. The maximum Gasteiger partial charge on any atom is 0.131 e. The van der Waals surface area contributed by atoms with Crippen molar-refractivity contribution in [1.29, 1.82) is 0 Å². The molecule has 24 heavy (non-hydrogen) atoms. The lowest BCUT2D eigenvalue weighted by atomic mass is 9.55. The summed E-state index contributed by atoms with van der Waals surface area (Å²) in [5.41, 5.74) is 2.43. The molecule has 0 saturated heterocycles. The summed E-state index contributed by atoms with van der Waals surface area (Å²) in [5, 5.41) is 0. The molecule has 2 heterocycles. The Kier molecular flexibility index (Phi) is 2.32. The van der Waals surface area contributed by atoms with Crippen LogP contribution in [0.5, 0.6) is 11.5 Å². The van der Waals surface area contributed by atoms with Crippen molar-refractivity contribution in [2.75, 3.05) is 0 Å². The first-order valence-electron chi connectivity index (χ1n) is 9.01. The molecule has 0 N–H and O–H groups in total. The molecule has 2 aromatic carbocycles. The van der Waals surface area contributed by atoms with E-state index in [0.29, 0.717) is 11.8 Å². The lowest BCUT2D eigenvalue weighted by Gasteiger charge is -2.59. The van der Waals surface area contributed by atoms with Crippen LogP contribution >= 0.6 is 0 Å². The van der Waals surface area contributed by atoms with E-state index in [4.69, 9.17) is 9.47 Å². The molecule has 4 atom stereocenters. The second kappa shape index (κ2) is 4.24. The lowest BCUT2D eigenvalue weighted by Crippen LogP contribution is -2.64. The summed E-state index contributed by atoms with van der Waals surface area (Å²) in [6.45, 7) is 0. The fourth-order valence-corrected chi connectivity index (χ4v) is 5.43. The van der Waals surface area contributed by atoms with Crippen molar-refractivity contribution in [3.05, 3.63) is 71.8 Å². The van der Waals surface area contributed by atoms with E-state index in [0.717, 1.165) is 37.2 Å². The molecule has 120 valence electrons. The lowest BCUT2D eigenvalue weighted by molar-refractivity contribution is -0.118. The van der Waals surface area contributed by atoms with Crippen LogP contribution in [0.25, 0.3) is 0 Å². The summed E-state index contributed by atoms with van der Waals surface area (Å²) in [6.07, 6.45) is 8.97. The molecule has 1 fully saturated rings. The van der Waals surface area contributed by atoms with Crippen molar-refractivity contribution in [3.63, 3.8) is 0 Å². The van der Waals surface area contributed by atoms with Gasteiger partial charge in [0.05, 0.1) is 0 Å². The molecular formula is C22H20O2. The van der Waals surface area contributed by atoms with E-state index < -0.39 is 0 Å². The fraction of sp³-hybridized carbons (Fsp3) is 0.364. The Labute approximate surface area is 142 Å². The van der Waals surface area contributed by atoms with Gasteiger partial charge in [-0.15, -0.1) is 0 Å². The minimum Gasteiger partial charge on any atom is -0.483 e. The van der Waals surface area contributed by atoms with Gasteiger partial charge in [0.25, 0.3) is 0 Å². The topological polar surface area (TPSA) is 18.5 Å². The number of rotatable bonds is 0. The minimum absolute atomic E-state index is 0.129. The van der Waals surface area contributed by atoms with Gasteiger partial charge in [-0.3, -0.25) is 0 Å². The van der Waals surface area contributed by atoms with Crippen LogP contribution in [0.3, 0.4) is 0 Å². The Morgan fingerprint density at radius 1 is 0.667 bits per heavy atom. The van der Waals surface area contributed by atoms with Crippen LogP contribution in [-0.2, 0) is 12.8 Å². The van der Waals surface area contributed by atoms with Gasteiger partial charge < -0.3 is 9.47 Å². The summed E-state index contributed by atoms with van der Waals surface area (Å²) in [5.74, 6) is 3.17. The molecule has 0 amide bonds. The summed E-state index contributed by atoms with van der Waals surface area (Å²) in [4.78, 5) is 0. The molecule has 0 radical (unpaired) electrons. The Bertz CT molecular complexity index is 798. The van der Waals surface area contributed by atoms with Crippen LogP contribution in [0.2, 0.25) is 0 Å². The average Bonchev–Trinajstić information content (AvgIpc) is 2.62. The van der Waals surface area contributed by atoms with E-state index in [1.165, 1.54) is 11.1 Å². The van der Waals surface area contributed by atoms with E-state index in [2.05, 4.69) is 60.7 Å². The Balaban J connectivity index is 1.45. The predicted octanol–water partition coefficient (Wildman–Crippen LogP) is 4.33. The highest BCUT2D eigenvalue weighted by Crippen LogP contribution is 2.58. The molecule has 2 spiro atoms. The van der Waals surface area contributed by atoms with Crippen molar-refractivity contribution in [1.82, 2.24) is 0 Å². The molecule has 2 nitrogen and oxygen atoms in total. The van der Waals surface area contributed by atoms with Crippen LogP contribution in [-0.4, -0.2) is 11.2 Å². The van der Waals surface area contributed by atoms with Gasteiger partial charge in [0, 0.05) is 11.8 Å². The summed E-state index contributed by atoms with van der Waals surface area (Å²) in [6, 6.07) is 17.1. The number of fused-ring (bicyclic) bond motifs is 2. The highest BCUT2D eigenvalue weighted by atomic mass is 16.5. The van der Waals surface area contributed by atoms with Crippen LogP contribution in [0.4, 0.5) is 0 Å². The van der Waals surface area contributed by atoms with Gasteiger partial charge in [-0.05, 0) is 61.1 Å². The largest absolute Gasteiger partial charge is 0.483 e. The number of para-hydroxylation sites is 2. The number of ether oxygens (including phenoxy) is 2. The van der Waals surface area contributed by atoms with E-state index >= 15 is 0 Å². The molecule has 7 rings (SSSR count). The van der Waals surface area contributed by atoms with Gasteiger partial charge in [0.2, 0.25) is 0 Å². The van der Waals surface area contributed by atoms with E-state index in [9.17, 15) is 0 Å². The first kappa shape index (κ1) is 13.1. The molecule has 2 heteroatoms. The SMILES string of the molecule is C1=CC23CC4Cc5ccccc5OC14CC2Cc1ccccc1O3. The Morgan fingerprint density at radius 3 is 1.62 bits per heavy atom. The molecular weight excluding hydrogens is 296 g/mol. The average molecular weight is 316 g/mol. The third-order valence-corrected chi connectivity index (χ3v) is 6.64. The van der Waals surface area contributed by atoms with Gasteiger partial charge >= 0.3 is 0 Å². The second-order valence-corrected chi connectivity index (χ2v) is 7.87. The smallest absolute Gasteiger partial charge is 0.131 e. The summed E-state index contributed by atoms with van der Waals surface area (Å²) in [7, 11) is 0. The van der Waals surface area contributed by atoms with Crippen molar-refractivity contribution in [2.45, 2.75) is 36.9 Å². The molecule has 5 aliphatic rings. The molecule has 2 aromatic rings. The van der Waals surface area contributed by atoms with Gasteiger partial charge in [-0.2, -0.15) is 0 Å². The second-order valence-electron chi connectivity index (χ2n) is 7.87. The van der Waals surface area contributed by atoms with Crippen molar-refractivity contribution in [3.8, 4) is 11.5 Å². The van der Waals surface area contributed by atoms with E-state index in [1.807, 2.05) is 0 Å². The molecule has 4 unspecified atom stereocenters. The van der Waals surface area contributed by atoms with Gasteiger partial charge in [0.15, 0.2) is 0 Å². The predicted molar refractivity (Wildman–Crippen MR) is 92.4 cm³/mol. The maximum atomic E-state index is 6.60.